The predicted molar refractivity (Wildman–Crippen MR) is 89.2 cm³/mol. The third-order valence-electron chi connectivity index (χ3n) is 4.17. The van der Waals surface area contributed by atoms with Crippen LogP contribution in [0.5, 0.6) is 0 Å². The normalized spacial score (nSPS) is 17.7. The lowest BCUT2D eigenvalue weighted by Crippen LogP contribution is -2.42. The second-order valence-electron chi connectivity index (χ2n) is 6.08. The van der Waals surface area contributed by atoms with Crippen molar-refractivity contribution in [1.82, 2.24) is 20.4 Å². The van der Waals surface area contributed by atoms with Crippen molar-refractivity contribution in [2.75, 3.05) is 26.4 Å². The zero-order valence-corrected chi connectivity index (χ0v) is 14.2. The zero-order chi connectivity index (χ0) is 18.4. The maximum atomic E-state index is 12.4. The highest BCUT2D eigenvalue weighted by Gasteiger charge is 2.31. The number of aliphatic hydroxyl groups is 1. The topological polar surface area (TPSA) is 128 Å². The van der Waals surface area contributed by atoms with Gasteiger partial charge in [0.2, 0.25) is 0 Å². The summed E-state index contributed by atoms with van der Waals surface area (Å²) >= 11 is 0. The van der Waals surface area contributed by atoms with Crippen molar-refractivity contribution in [3.8, 4) is 0 Å². The van der Waals surface area contributed by atoms with Crippen LogP contribution in [0.3, 0.4) is 0 Å². The molecule has 2 amide bonds. The highest BCUT2D eigenvalue weighted by atomic mass is 16.5. The van der Waals surface area contributed by atoms with Crippen molar-refractivity contribution in [3.63, 3.8) is 0 Å². The molecule has 138 valence electrons. The smallest absolute Gasteiger partial charge is 0.407 e. The quantitative estimate of drug-likeness (QED) is 0.395. The van der Waals surface area contributed by atoms with Gasteiger partial charge in [0.05, 0.1) is 19.8 Å². The number of carbonyl (C=O) groups excluding carboxylic acids is 1. The summed E-state index contributed by atoms with van der Waals surface area (Å²) in [6.07, 6.45) is 1.07. The molecule has 0 saturated heterocycles. The SMILES string of the molecule is C=CCOC[C@H](CO)CNC(=O)c1n[nH]c2c1CN(C(=O)O)[C@H](C)C2. The van der Waals surface area contributed by atoms with E-state index in [4.69, 9.17) is 4.74 Å². The Kier molecular flexibility index (Phi) is 6.54. The van der Waals surface area contributed by atoms with E-state index in [0.717, 1.165) is 5.69 Å². The summed E-state index contributed by atoms with van der Waals surface area (Å²) in [6.45, 7) is 6.25. The van der Waals surface area contributed by atoms with Gasteiger partial charge in [0.1, 0.15) is 0 Å². The molecule has 0 spiro atoms. The maximum absolute atomic E-state index is 12.4. The predicted octanol–water partition coefficient (Wildman–Crippen LogP) is 0.375. The van der Waals surface area contributed by atoms with E-state index < -0.39 is 12.0 Å². The largest absolute Gasteiger partial charge is 0.465 e. The number of nitrogens with zero attached hydrogens (tertiary/aromatic N) is 2. The van der Waals surface area contributed by atoms with Crippen LogP contribution in [0.15, 0.2) is 12.7 Å². The minimum atomic E-state index is -1.02. The Morgan fingerprint density at radius 2 is 2.36 bits per heavy atom. The van der Waals surface area contributed by atoms with Gasteiger partial charge in [-0.15, -0.1) is 6.58 Å². The molecular weight excluding hydrogens is 328 g/mol. The first-order chi connectivity index (χ1) is 12.0. The summed E-state index contributed by atoms with van der Waals surface area (Å²) in [7, 11) is 0. The molecule has 1 aromatic heterocycles. The molecule has 0 aromatic carbocycles. The van der Waals surface area contributed by atoms with Crippen molar-refractivity contribution >= 4 is 12.0 Å². The number of hydrogen-bond acceptors (Lipinski definition) is 5. The Hall–Kier alpha value is -2.39. The fourth-order valence-electron chi connectivity index (χ4n) is 2.73. The molecule has 4 N–H and O–H groups in total. The van der Waals surface area contributed by atoms with Gasteiger partial charge in [-0.05, 0) is 6.92 Å². The lowest BCUT2D eigenvalue weighted by molar-refractivity contribution is 0.0805. The monoisotopic (exact) mass is 352 g/mol. The molecule has 0 fully saturated rings. The van der Waals surface area contributed by atoms with Crippen LogP contribution < -0.4 is 5.32 Å². The minimum Gasteiger partial charge on any atom is -0.465 e. The molecule has 25 heavy (non-hydrogen) atoms. The molecule has 0 saturated carbocycles. The standard InChI is InChI=1S/C16H24N4O5/c1-3-4-25-9-11(8-21)6-17-15(22)14-12-7-20(16(23)24)10(2)5-13(12)18-19-14/h3,10-11,21H,1,4-9H2,2H3,(H,17,22)(H,18,19)(H,23,24)/t10-,11+/m1/s1. The van der Waals surface area contributed by atoms with Gasteiger partial charge in [-0.1, -0.05) is 6.08 Å². The fourth-order valence-corrected chi connectivity index (χ4v) is 2.73. The van der Waals surface area contributed by atoms with Gasteiger partial charge >= 0.3 is 6.09 Å². The molecule has 2 heterocycles. The van der Waals surface area contributed by atoms with Crippen LogP contribution in [0.2, 0.25) is 0 Å². The van der Waals surface area contributed by atoms with Crippen LogP contribution in [-0.4, -0.2) is 69.7 Å². The number of amides is 2. The molecule has 2 atom stereocenters. The van der Waals surface area contributed by atoms with E-state index in [-0.39, 0.29) is 37.4 Å². The molecular formula is C16H24N4O5. The van der Waals surface area contributed by atoms with Crippen LogP contribution >= 0.6 is 0 Å². The number of aliphatic hydroxyl groups excluding tert-OH is 1. The zero-order valence-electron chi connectivity index (χ0n) is 14.2. The number of H-pyrrole nitrogens is 1. The molecule has 2 rings (SSSR count). The summed E-state index contributed by atoms with van der Waals surface area (Å²) < 4.78 is 5.28. The van der Waals surface area contributed by atoms with Crippen LogP contribution in [0.1, 0.15) is 28.7 Å². The van der Waals surface area contributed by atoms with Gasteiger partial charge in [-0.2, -0.15) is 5.10 Å². The Labute approximate surface area is 145 Å². The number of carbonyl (C=O) groups is 2. The molecule has 0 aliphatic carbocycles. The lowest BCUT2D eigenvalue weighted by Gasteiger charge is -2.30. The second-order valence-corrected chi connectivity index (χ2v) is 6.08. The van der Waals surface area contributed by atoms with Crippen LogP contribution in [0, 0.1) is 5.92 Å². The summed E-state index contributed by atoms with van der Waals surface area (Å²) in [6, 6.07) is -0.179. The number of hydrogen-bond donors (Lipinski definition) is 4. The summed E-state index contributed by atoms with van der Waals surface area (Å²) in [5.74, 6) is -0.645. The van der Waals surface area contributed by atoms with Gasteiger partial charge in [0.15, 0.2) is 5.69 Å². The van der Waals surface area contributed by atoms with Crippen molar-refractivity contribution in [3.05, 3.63) is 29.6 Å². The molecule has 1 aliphatic rings. The number of fused-ring (bicyclic) bond motifs is 1. The molecule has 1 aliphatic heterocycles. The van der Waals surface area contributed by atoms with E-state index in [0.29, 0.717) is 25.2 Å². The summed E-state index contributed by atoms with van der Waals surface area (Å²) in [5, 5.41) is 28.2. The van der Waals surface area contributed by atoms with Gasteiger partial charge in [0, 0.05) is 42.8 Å². The third kappa shape index (κ3) is 4.58. The molecule has 1 aromatic rings. The van der Waals surface area contributed by atoms with E-state index in [1.807, 2.05) is 6.92 Å². The molecule has 9 heteroatoms. The number of carboxylic acid groups (broad SMARTS) is 1. The number of nitrogens with one attached hydrogen (secondary N) is 2. The van der Waals surface area contributed by atoms with Gasteiger partial charge < -0.3 is 25.2 Å². The van der Waals surface area contributed by atoms with Crippen LogP contribution in [0.4, 0.5) is 4.79 Å². The Morgan fingerprint density at radius 3 is 3.00 bits per heavy atom. The Morgan fingerprint density at radius 1 is 1.60 bits per heavy atom. The van der Waals surface area contributed by atoms with E-state index in [9.17, 15) is 19.8 Å². The molecule has 9 nitrogen and oxygen atoms in total. The average Bonchev–Trinajstić information content (AvgIpc) is 2.99. The number of rotatable bonds is 8. The van der Waals surface area contributed by atoms with Crippen molar-refractivity contribution in [1.29, 1.82) is 0 Å². The first-order valence-corrected chi connectivity index (χ1v) is 8.11. The number of aromatic nitrogens is 2. The van der Waals surface area contributed by atoms with Crippen LogP contribution in [0.25, 0.3) is 0 Å². The second kappa shape index (κ2) is 8.63. The van der Waals surface area contributed by atoms with E-state index >= 15 is 0 Å². The Bertz CT molecular complexity index is 630. The Balaban J connectivity index is 1.99. The average molecular weight is 352 g/mol. The lowest BCUT2D eigenvalue weighted by atomic mass is 10.00. The fraction of sp³-hybridized carbons (Fsp3) is 0.562. The van der Waals surface area contributed by atoms with Crippen molar-refractivity contribution in [2.45, 2.75) is 25.9 Å². The molecule has 0 radical (unpaired) electrons. The van der Waals surface area contributed by atoms with Gasteiger partial charge in [-0.3, -0.25) is 9.89 Å². The summed E-state index contributed by atoms with van der Waals surface area (Å²) in [4.78, 5) is 25.0. The maximum Gasteiger partial charge on any atom is 0.407 e. The number of aromatic amines is 1. The number of ether oxygens (including phenoxy) is 1. The van der Waals surface area contributed by atoms with Gasteiger partial charge in [-0.25, -0.2) is 4.79 Å². The van der Waals surface area contributed by atoms with E-state index in [1.54, 1.807) is 6.08 Å². The highest BCUT2D eigenvalue weighted by molar-refractivity contribution is 5.94. The first-order valence-electron chi connectivity index (χ1n) is 8.11. The summed E-state index contributed by atoms with van der Waals surface area (Å²) in [5.41, 5.74) is 1.57. The van der Waals surface area contributed by atoms with E-state index in [2.05, 4.69) is 22.1 Å². The van der Waals surface area contributed by atoms with Crippen molar-refractivity contribution < 1.29 is 24.5 Å². The molecule has 0 bridgehead atoms. The van der Waals surface area contributed by atoms with Crippen molar-refractivity contribution in [2.24, 2.45) is 5.92 Å². The third-order valence-corrected chi connectivity index (χ3v) is 4.17. The first kappa shape index (κ1) is 18.9. The van der Waals surface area contributed by atoms with Gasteiger partial charge in [0.25, 0.3) is 5.91 Å². The highest BCUT2D eigenvalue weighted by Crippen LogP contribution is 2.24. The minimum absolute atomic E-state index is 0.122. The van der Waals surface area contributed by atoms with E-state index in [1.165, 1.54) is 4.90 Å². The van der Waals surface area contributed by atoms with Crippen LogP contribution in [-0.2, 0) is 17.7 Å². The molecule has 0 unspecified atom stereocenters.